The molecule has 0 bridgehead atoms. The lowest BCUT2D eigenvalue weighted by Gasteiger charge is -2.34. The zero-order valence-electron chi connectivity index (χ0n) is 9.86. The molecule has 0 fully saturated rings. The van der Waals surface area contributed by atoms with Gasteiger partial charge in [-0.3, -0.25) is 0 Å². The van der Waals surface area contributed by atoms with Crippen LogP contribution < -0.4 is 0 Å². The van der Waals surface area contributed by atoms with Gasteiger partial charge in [-0.15, -0.1) is 0 Å². The predicted molar refractivity (Wildman–Crippen MR) is 65.4 cm³/mol. The zero-order valence-corrected chi connectivity index (χ0v) is 11.4. The summed E-state index contributed by atoms with van der Waals surface area (Å²) in [5.41, 5.74) is 0.481. The molecular formula is C12H25Br. The Kier molecular flexibility index (Phi) is 6.28. The third-order valence-corrected chi connectivity index (χ3v) is 4.58. The molecule has 0 aromatic heterocycles. The highest BCUT2D eigenvalue weighted by Gasteiger charge is 2.28. The van der Waals surface area contributed by atoms with Crippen LogP contribution in [-0.2, 0) is 0 Å². The predicted octanol–water partition coefficient (Wildman–Crippen LogP) is 4.87. The topological polar surface area (TPSA) is 0 Å². The molecule has 0 aliphatic rings. The Balaban J connectivity index is 4.10. The van der Waals surface area contributed by atoms with Crippen molar-refractivity contribution in [3.05, 3.63) is 0 Å². The molecule has 0 aliphatic heterocycles. The van der Waals surface area contributed by atoms with E-state index in [-0.39, 0.29) is 0 Å². The minimum absolute atomic E-state index is 0.481. The van der Waals surface area contributed by atoms with Gasteiger partial charge in [0.15, 0.2) is 0 Å². The molecule has 2 atom stereocenters. The lowest BCUT2D eigenvalue weighted by Crippen LogP contribution is -2.27. The molecule has 80 valence electrons. The molecule has 0 N–H and O–H groups in total. The van der Waals surface area contributed by atoms with E-state index in [1.165, 1.54) is 19.3 Å². The molecule has 0 heterocycles. The molecule has 1 heteroatoms. The van der Waals surface area contributed by atoms with E-state index in [1.807, 2.05) is 0 Å². The van der Waals surface area contributed by atoms with Gasteiger partial charge >= 0.3 is 0 Å². The van der Waals surface area contributed by atoms with Crippen LogP contribution in [0.3, 0.4) is 0 Å². The first kappa shape index (κ1) is 13.5. The fourth-order valence-electron chi connectivity index (χ4n) is 1.84. The van der Waals surface area contributed by atoms with Crippen molar-refractivity contribution in [2.24, 2.45) is 17.3 Å². The van der Waals surface area contributed by atoms with E-state index in [0.717, 1.165) is 17.2 Å². The first-order valence-electron chi connectivity index (χ1n) is 5.52. The van der Waals surface area contributed by atoms with E-state index in [9.17, 15) is 0 Å². The zero-order chi connectivity index (χ0) is 10.5. The van der Waals surface area contributed by atoms with Crippen LogP contribution in [0.5, 0.6) is 0 Å². The number of alkyl halides is 1. The van der Waals surface area contributed by atoms with Gasteiger partial charge in [-0.2, -0.15) is 0 Å². The number of halogens is 1. The molecule has 0 rings (SSSR count). The maximum Gasteiger partial charge on any atom is 0.00878 e. The van der Waals surface area contributed by atoms with Crippen molar-refractivity contribution in [3.63, 3.8) is 0 Å². The normalized spacial score (nSPS) is 18.7. The summed E-state index contributed by atoms with van der Waals surface area (Å²) in [5.74, 6) is 1.64. The maximum absolute atomic E-state index is 3.65. The molecule has 0 spiro atoms. The maximum atomic E-state index is 3.65. The van der Waals surface area contributed by atoms with Crippen molar-refractivity contribution in [1.29, 1.82) is 0 Å². The molecule has 0 aromatic rings. The molecular weight excluding hydrogens is 224 g/mol. The highest BCUT2D eigenvalue weighted by atomic mass is 79.9. The molecule has 2 unspecified atom stereocenters. The molecule has 0 saturated carbocycles. The summed E-state index contributed by atoms with van der Waals surface area (Å²) in [6.07, 6.45) is 4.04. The first-order valence-corrected chi connectivity index (χ1v) is 6.64. The van der Waals surface area contributed by atoms with Crippen LogP contribution in [0.15, 0.2) is 0 Å². The molecule has 13 heavy (non-hydrogen) atoms. The van der Waals surface area contributed by atoms with Crippen LogP contribution in [0.25, 0.3) is 0 Å². The Morgan fingerprint density at radius 3 is 2.08 bits per heavy atom. The summed E-state index contributed by atoms with van der Waals surface area (Å²) < 4.78 is 0. The fourth-order valence-corrected chi connectivity index (χ4v) is 2.71. The Labute approximate surface area is 92.6 Å². The summed E-state index contributed by atoms with van der Waals surface area (Å²) in [6, 6.07) is 0. The fraction of sp³-hybridized carbons (Fsp3) is 1.00. The summed E-state index contributed by atoms with van der Waals surface area (Å²) in [6.45, 7) is 11.7. The van der Waals surface area contributed by atoms with Crippen molar-refractivity contribution >= 4 is 15.9 Å². The van der Waals surface area contributed by atoms with Crippen LogP contribution in [0.2, 0.25) is 0 Å². The standard InChI is InChI=1S/C12H25Br/c1-6-7-11(4)8-12(5,9-13)10(2)3/h10-11H,6-9H2,1-5H3. The van der Waals surface area contributed by atoms with Crippen molar-refractivity contribution in [2.75, 3.05) is 5.33 Å². The van der Waals surface area contributed by atoms with E-state index in [4.69, 9.17) is 0 Å². The second kappa shape index (κ2) is 6.06. The van der Waals surface area contributed by atoms with Crippen molar-refractivity contribution in [1.82, 2.24) is 0 Å². The second-order valence-corrected chi connectivity index (χ2v) is 5.60. The van der Waals surface area contributed by atoms with Crippen LogP contribution >= 0.6 is 15.9 Å². The Morgan fingerprint density at radius 1 is 1.23 bits per heavy atom. The lowest BCUT2D eigenvalue weighted by molar-refractivity contribution is 0.197. The molecule has 0 amide bonds. The summed E-state index contributed by atoms with van der Waals surface area (Å²) in [7, 11) is 0. The van der Waals surface area contributed by atoms with Gasteiger partial charge in [-0.1, -0.05) is 63.4 Å². The van der Waals surface area contributed by atoms with Gasteiger partial charge in [0.25, 0.3) is 0 Å². The first-order chi connectivity index (χ1) is 5.96. The number of rotatable bonds is 6. The van der Waals surface area contributed by atoms with Crippen molar-refractivity contribution < 1.29 is 0 Å². The van der Waals surface area contributed by atoms with E-state index in [1.54, 1.807) is 0 Å². The van der Waals surface area contributed by atoms with E-state index >= 15 is 0 Å². The van der Waals surface area contributed by atoms with Crippen molar-refractivity contribution in [3.8, 4) is 0 Å². The second-order valence-electron chi connectivity index (χ2n) is 5.04. The minimum Gasteiger partial charge on any atom is -0.0922 e. The van der Waals surface area contributed by atoms with Gasteiger partial charge in [0.1, 0.15) is 0 Å². The molecule has 0 aliphatic carbocycles. The van der Waals surface area contributed by atoms with E-state index in [0.29, 0.717) is 5.41 Å². The smallest absolute Gasteiger partial charge is 0.00878 e. The van der Waals surface area contributed by atoms with Gasteiger partial charge < -0.3 is 0 Å². The van der Waals surface area contributed by atoms with Gasteiger partial charge in [-0.05, 0) is 23.7 Å². The van der Waals surface area contributed by atoms with Crippen LogP contribution in [0.1, 0.15) is 53.9 Å². The summed E-state index contributed by atoms with van der Waals surface area (Å²) in [5, 5.41) is 1.13. The Morgan fingerprint density at radius 2 is 1.77 bits per heavy atom. The quantitative estimate of drug-likeness (QED) is 0.589. The van der Waals surface area contributed by atoms with Gasteiger partial charge in [-0.25, -0.2) is 0 Å². The number of hydrogen-bond donors (Lipinski definition) is 0. The average Bonchev–Trinajstić information content (AvgIpc) is 2.04. The van der Waals surface area contributed by atoms with E-state index < -0.39 is 0 Å². The largest absolute Gasteiger partial charge is 0.0922 e. The molecule has 0 saturated heterocycles. The van der Waals surface area contributed by atoms with Crippen molar-refractivity contribution in [2.45, 2.75) is 53.9 Å². The monoisotopic (exact) mass is 248 g/mol. The molecule has 0 radical (unpaired) electrons. The SMILES string of the molecule is CCCC(C)CC(C)(CBr)C(C)C. The van der Waals surface area contributed by atoms with E-state index in [2.05, 4.69) is 50.5 Å². The van der Waals surface area contributed by atoms with Gasteiger partial charge in [0.05, 0.1) is 0 Å². The highest BCUT2D eigenvalue weighted by molar-refractivity contribution is 9.09. The molecule has 0 nitrogen and oxygen atoms in total. The lowest BCUT2D eigenvalue weighted by atomic mass is 9.74. The summed E-state index contributed by atoms with van der Waals surface area (Å²) >= 11 is 3.65. The molecule has 0 aromatic carbocycles. The Hall–Kier alpha value is 0.480. The van der Waals surface area contributed by atoms with Gasteiger partial charge in [0.2, 0.25) is 0 Å². The Bertz CT molecular complexity index is 131. The van der Waals surface area contributed by atoms with Gasteiger partial charge in [0, 0.05) is 5.33 Å². The van der Waals surface area contributed by atoms with Crippen LogP contribution in [0.4, 0.5) is 0 Å². The third kappa shape index (κ3) is 4.49. The van der Waals surface area contributed by atoms with Crippen LogP contribution in [-0.4, -0.2) is 5.33 Å². The average molecular weight is 249 g/mol. The highest BCUT2D eigenvalue weighted by Crippen LogP contribution is 2.36. The summed E-state index contributed by atoms with van der Waals surface area (Å²) in [4.78, 5) is 0. The third-order valence-electron chi connectivity index (χ3n) is 3.30. The van der Waals surface area contributed by atoms with Crippen LogP contribution in [0, 0.1) is 17.3 Å². The minimum atomic E-state index is 0.481. The number of hydrogen-bond acceptors (Lipinski definition) is 0.